The smallest absolute Gasteiger partial charge is 0.257 e. The molecule has 0 spiro atoms. The van der Waals surface area contributed by atoms with Crippen LogP contribution in [0, 0.1) is 6.92 Å². The summed E-state index contributed by atoms with van der Waals surface area (Å²) < 4.78 is 8.68. The van der Waals surface area contributed by atoms with Crippen molar-refractivity contribution in [2.24, 2.45) is 7.05 Å². The van der Waals surface area contributed by atoms with Crippen molar-refractivity contribution < 1.29 is 9.53 Å². The van der Waals surface area contributed by atoms with E-state index in [4.69, 9.17) is 4.74 Å². The van der Waals surface area contributed by atoms with E-state index in [2.05, 4.69) is 20.5 Å². The van der Waals surface area contributed by atoms with Crippen LogP contribution < -0.4 is 10.1 Å². The van der Waals surface area contributed by atoms with Crippen LogP contribution in [0.4, 0.5) is 0 Å². The summed E-state index contributed by atoms with van der Waals surface area (Å²) in [4.78, 5) is 17.3. The Morgan fingerprint density at radius 2 is 1.90 bits per heavy atom. The number of benzene rings is 1. The van der Waals surface area contributed by atoms with E-state index in [0.717, 1.165) is 28.3 Å². The molecule has 0 aliphatic carbocycles. The van der Waals surface area contributed by atoms with Crippen LogP contribution in [-0.2, 0) is 7.05 Å². The van der Waals surface area contributed by atoms with Crippen LogP contribution >= 0.6 is 0 Å². The Kier molecular flexibility index (Phi) is 4.75. The Labute approximate surface area is 168 Å². The van der Waals surface area contributed by atoms with Gasteiger partial charge in [-0.05, 0) is 44.2 Å². The number of carbonyl (C=O) groups excluding carboxylic acids is 1. The molecule has 1 amide bonds. The SMILES string of the molecule is COc1ccc(-c2ccnc3c(C(=O)N[C@H](C)c4cnn(C)c4C)cnn23)cc1. The van der Waals surface area contributed by atoms with Gasteiger partial charge in [-0.15, -0.1) is 0 Å². The number of rotatable bonds is 5. The van der Waals surface area contributed by atoms with Crippen LogP contribution in [0.2, 0.25) is 0 Å². The lowest BCUT2D eigenvalue weighted by atomic mass is 10.1. The molecule has 3 heterocycles. The van der Waals surface area contributed by atoms with E-state index in [-0.39, 0.29) is 11.9 Å². The lowest BCUT2D eigenvalue weighted by Crippen LogP contribution is -2.27. The Bertz CT molecular complexity index is 1180. The van der Waals surface area contributed by atoms with Gasteiger partial charge in [-0.3, -0.25) is 9.48 Å². The predicted molar refractivity (Wildman–Crippen MR) is 109 cm³/mol. The second kappa shape index (κ2) is 7.38. The van der Waals surface area contributed by atoms with Crippen molar-refractivity contribution in [1.29, 1.82) is 0 Å². The Hall–Kier alpha value is -3.68. The van der Waals surface area contributed by atoms with Crippen LogP contribution in [0.25, 0.3) is 16.9 Å². The summed E-state index contributed by atoms with van der Waals surface area (Å²) in [5.41, 5.74) is 4.71. The zero-order valence-corrected chi connectivity index (χ0v) is 16.7. The zero-order chi connectivity index (χ0) is 20.5. The quantitative estimate of drug-likeness (QED) is 0.566. The second-order valence-corrected chi connectivity index (χ2v) is 6.86. The van der Waals surface area contributed by atoms with Gasteiger partial charge in [-0.2, -0.15) is 10.2 Å². The third-order valence-corrected chi connectivity index (χ3v) is 5.12. The molecule has 148 valence electrons. The topological polar surface area (TPSA) is 86.3 Å². The molecule has 8 nitrogen and oxygen atoms in total. The van der Waals surface area contributed by atoms with Gasteiger partial charge in [-0.1, -0.05) is 0 Å². The van der Waals surface area contributed by atoms with E-state index >= 15 is 0 Å². The molecule has 8 heteroatoms. The summed E-state index contributed by atoms with van der Waals surface area (Å²) in [6.07, 6.45) is 5.01. The van der Waals surface area contributed by atoms with Gasteiger partial charge in [0, 0.05) is 30.1 Å². The normalized spacial score (nSPS) is 12.1. The first-order valence-electron chi connectivity index (χ1n) is 9.26. The minimum atomic E-state index is -0.227. The molecule has 3 aromatic heterocycles. The first kappa shape index (κ1) is 18.7. The fourth-order valence-electron chi connectivity index (χ4n) is 3.32. The number of amides is 1. The van der Waals surface area contributed by atoms with Crippen molar-refractivity contribution in [3.8, 4) is 17.0 Å². The van der Waals surface area contributed by atoms with Crippen molar-refractivity contribution in [2.75, 3.05) is 7.11 Å². The van der Waals surface area contributed by atoms with Gasteiger partial charge >= 0.3 is 0 Å². The maximum absolute atomic E-state index is 12.9. The van der Waals surface area contributed by atoms with Gasteiger partial charge in [0.2, 0.25) is 0 Å². The molecule has 1 N–H and O–H groups in total. The monoisotopic (exact) mass is 390 g/mol. The first-order chi connectivity index (χ1) is 14.0. The van der Waals surface area contributed by atoms with E-state index in [1.165, 1.54) is 0 Å². The highest BCUT2D eigenvalue weighted by Gasteiger charge is 2.20. The number of nitrogens with one attached hydrogen (secondary N) is 1. The zero-order valence-electron chi connectivity index (χ0n) is 16.7. The van der Waals surface area contributed by atoms with Crippen LogP contribution in [0.3, 0.4) is 0 Å². The third-order valence-electron chi connectivity index (χ3n) is 5.12. The fourth-order valence-corrected chi connectivity index (χ4v) is 3.32. The molecule has 1 aromatic carbocycles. The van der Waals surface area contributed by atoms with Gasteiger partial charge in [0.1, 0.15) is 11.3 Å². The molecule has 0 saturated heterocycles. The molecule has 0 fully saturated rings. The van der Waals surface area contributed by atoms with Gasteiger partial charge in [0.25, 0.3) is 5.91 Å². The molecular weight excluding hydrogens is 368 g/mol. The average molecular weight is 390 g/mol. The Balaban J connectivity index is 1.65. The van der Waals surface area contributed by atoms with E-state index in [1.54, 1.807) is 34.9 Å². The molecule has 29 heavy (non-hydrogen) atoms. The molecule has 1 atom stereocenters. The number of aromatic nitrogens is 5. The third kappa shape index (κ3) is 3.33. The molecule has 4 rings (SSSR count). The molecule has 0 bridgehead atoms. The van der Waals surface area contributed by atoms with Crippen molar-refractivity contribution in [3.05, 3.63) is 65.7 Å². The molecule has 0 aliphatic rings. The number of carbonyl (C=O) groups is 1. The summed E-state index contributed by atoms with van der Waals surface area (Å²) in [5, 5.41) is 11.7. The summed E-state index contributed by atoms with van der Waals surface area (Å²) in [6.45, 7) is 3.91. The number of ether oxygens (including phenoxy) is 1. The predicted octanol–water partition coefficient (Wildman–Crippen LogP) is 2.94. The minimum absolute atomic E-state index is 0.184. The molecule has 0 unspecified atom stereocenters. The van der Waals surface area contributed by atoms with E-state index in [0.29, 0.717) is 11.2 Å². The average Bonchev–Trinajstić information content (AvgIpc) is 3.31. The van der Waals surface area contributed by atoms with Gasteiger partial charge in [0.15, 0.2) is 5.65 Å². The molecule has 0 saturated carbocycles. The highest BCUT2D eigenvalue weighted by Crippen LogP contribution is 2.24. The minimum Gasteiger partial charge on any atom is -0.497 e. The number of nitrogens with zero attached hydrogens (tertiary/aromatic N) is 5. The number of aryl methyl sites for hydroxylation is 1. The lowest BCUT2D eigenvalue weighted by molar-refractivity contribution is 0.0941. The highest BCUT2D eigenvalue weighted by atomic mass is 16.5. The second-order valence-electron chi connectivity index (χ2n) is 6.86. The van der Waals surface area contributed by atoms with Crippen LogP contribution in [-0.4, -0.2) is 37.4 Å². The number of fused-ring (bicyclic) bond motifs is 1. The van der Waals surface area contributed by atoms with Crippen LogP contribution in [0.5, 0.6) is 5.75 Å². The maximum atomic E-state index is 12.9. The summed E-state index contributed by atoms with van der Waals surface area (Å²) in [6, 6.07) is 9.35. The largest absolute Gasteiger partial charge is 0.497 e. The van der Waals surface area contributed by atoms with Crippen LogP contribution in [0.15, 0.2) is 48.9 Å². The molecule has 0 aliphatic heterocycles. The van der Waals surface area contributed by atoms with Crippen molar-refractivity contribution in [3.63, 3.8) is 0 Å². The summed E-state index contributed by atoms with van der Waals surface area (Å²) >= 11 is 0. The van der Waals surface area contributed by atoms with Gasteiger partial charge in [-0.25, -0.2) is 9.50 Å². The molecular formula is C21H22N6O2. The van der Waals surface area contributed by atoms with Crippen molar-refractivity contribution >= 4 is 11.6 Å². The number of hydrogen-bond acceptors (Lipinski definition) is 5. The van der Waals surface area contributed by atoms with Gasteiger partial charge in [0.05, 0.1) is 31.2 Å². The Morgan fingerprint density at radius 3 is 2.55 bits per heavy atom. The first-order valence-corrected chi connectivity index (χ1v) is 9.26. The van der Waals surface area contributed by atoms with E-state index in [1.807, 2.05) is 51.2 Å². The van der Waals surface area contributed by atoms with Crippen molar-refractivity contribution in [2.45, 2.75) is 19.9 Å². The summed E-state index contributed by atoms with van der Waals surface area (Å²) in [7, 11) is 3.51. The van der Waals surface area contributed by atoms with E-state index < -0.39 is 0 Å². The maximum Gasteiger partial charge on any atom is 0.257 e. The number of hydrogen-bond donors (Lipinski definition) is 1. The van der Waals surface area contributed by atoms with Gasteiger partial charge < -0.3 is 10.1 Å². The highest BCUT2D eigenvalue weighted by molar-refractivity contribution is 6.00. The standard InChI is InChI=1S/C21H22N6O2/c1-13(17-11-23-26(3)14(17)2)25-21(28)18-12-24-27-19(9-10-22-20(18)27)15-5-7-16(29-4)8-6-15/h5-13H,1-4H3,(H,25,28)/t13-/m1/s1. The van der Waals surface area contributed by atoms with Crippen molar-refractivity contribution in [1.82, 2.24) is 29.7 Å². The number of methoxy groups -OCH3 is 1. The fraction of sp³-hybridized carbons (Fsp3) is 0.238. The van der Waals surface area contributed by atoms with E-state index in [9.17, 15) is 4.79 Å². The molecule has 4 aromatic rings. The van der Waals surface area contributed by atoms with Crippen LogP contribution in [0.1, 0.15) is 34.6 Å². The summed E-state index contributed by atoms with van der Waals surface area (Å²) in [5.74, 6) is 0.550. The molecule has 0 radical (unpaired) electrons. The lowest BCUT2D eigenvalue weighted by Gasteiger charge is -2.13. The Morgan fingerprint density at radius 1 is 1.14 bits per heavy atom.